The number of hydrogen-bond donors (Lipinski definition) is 4. The molecule has 2 aromatic carbocycles. The fourth-order valence-electron chi connectivity index (χ4n) is 2.63. The average molecular weight is 344 g/mol. The number of phenols is 2. The number of nitrogens with two attached hydrogens (primary N) is 2. The van der Waals surface area contributed by atoms with Crippen LogP contribution in [0, 0.1) is 5.82 Å². The second-order valence-electron chi connectivity index (χ2n) is 5.31. The van der Waals surface area contributed by atoms with E-state index in [1.165, 1.54) is 24.3 Å². The number of aromatic hydroxyl groups is 2. The Balaban J connectivity index is 2.09. The minimum Gasteiger partial charge on any atom is -0.505 e. The van der Waals surface area contributed by atoms with Gasteiger partial charge in [0, 0.05) is 0 Å². The Labute approximate surface area is 140 Å². The first-order valence-corrected chi connectivity index (χ1v) is 7.09. The minimum atomic E-state index is -0.828. The monoisotopic (exact) mass is 344 g/mol. The molecule has 0 saturated carbocycles. The van der Waals surface area contributed by atoms with E-state index in [-0.39, 0.29) is 17.9 Å². The van der Waals surface area contributed by atoms with Gasteiger partial charge in [-0.3, -0.25) is 14.5 Å². The van der Waals surface area contributed by atoms with Crippen LogP contribution in [0.5, 0.6) is 11.5 Å². The molecule has 0 saturated heterocycles. The Bertz CT molecular complexity index is 925. The lowest BCUT2D eigenvalue weighted by Crippen LogP contribution is -2.29. The molecule has 25 heavy (non-hydrogen) atoms. The van der Waals surface area contributed by atoms with Gasteiger partial charge in [-0.15, -0.1) is 0 Å². The number of carbonyl (C=O) groups is 2. The predicted molar refractivity (Wildman–Crippen MR) is 87.1 cm³/mol. The number of aliphatic imine (C=N–C) groups is 1. The predicted octanol–water partition coefficient (Wildman–Crippen LogP) is 1.23. The zero-order chi connectivity index (χ0) is 18.3. The van der Waals surface area contributed by atoms with Crippen molar-refractivity contribution in [2.75, 3.05) is 5.73 Å². The maximum absolute atomic E-state index is 13.0. The summed E-state index contributed by atoms with van der Waals surface area (Å²) < 4.78 is 13.0. The number of phenolic OH excluding ortho intramolecular Hbond substituents is 2. The van der Waals surface area contributed by atoms with Crippen molar-refractivity contribution in [3.8, 4) is 11.5 Å². The number of imide groups is 1. The lowest BCUT2D eigenvalue weighted by atomic mass is 10.0. The van der Waals surface area contributed by atoms with Crippen LogP contribution in [0.15, 0.2) is 29.3 Å². The van der Waals surface area contributed by atoms with Crippen LogP contribution in [-0.2, 0) is 6.54 Å². The van der Waals surface area contributed by atoms with Crippen molar-refractivity contribution < 1.29 is 24.2 Å². The molecule has 0 fully saturated rings. The summed E-state index contributed by atoms with van der Waals surface area (Å²) in [6.45, 7) is -0.166. The standard InChI is InChI=1S/C16H13FN4O4/c17-8-3-1-7(2-4-8)5-21-15(24)9-10(16(21)25)14(23)12(20-6-18)11(19)13(9)22/h1-4,6,22-23H,5,19H2,(H2,18,20). The Hall–Kier alpha value is -3.62. The maximum atomic E-state index is 13.0. The lowest BCUT2D eigenvalue weighted by molar-refractivity contribution is 0.0641. The molecule has 1 aliphatic heterocycles. The van der Waals surface area contributed by atoms with Gasteiger partial charge in [-0.25, -0.2) is 9.38 Å². The third kappa shape index (κ3) is 2.42. The van der Waals surface area contributed by atoms with Gasteiger partial charge < -0.3 is 21.7 Å². The first kappa shape index (κ1) is 16.2. The Morgan fingerprint density at radius 2 is 1.64 bits per heavy atom. The third-order valence-electron chi connectivity index (χ3n) is 3.83. The molecule has 9 heteroatoms. The zero-order valence-electron chi connectivity index (χ0n) is 12.7. The molecule has 128 valence electrons. The van der Waals surface area contributed by atoms with Crippen LogP contribution in [-0.4, -0.2) is 33.3 Å². The van der Waals surface area contributed by atoms with E-state index in [2.05, 4.69) is 4.99 Å². The Morgan fingerprint density at radius 3 is 2.20 bits per heavy atom. The molecule has 8 nitrogen and oxygen atoms in total. The van der Waals surface area contributed by atoms with Gasteiger partial charge in [0.05, 0.1) is 12.9 Å². The fourth-order valence-corrected chi connectivity index (χ4v) is 2.63. The van der Waals surface area contributed by atoms with Crippen molar-refractivity contribution in [3.05, 3.63) is 46.8 Å². The highest BCUT2D eigenvalue weighted by atomic mass is 19.1. The molecular formula is C16H13FN4O4. The van der Waals surface area contributed by atoms with Gasteiger partial charge in [0.25, 0.3) is 11.8 Å². The summed E-state index contributed by atoms with van der Waals surface area (Å²) in [5, 5.41) is 20.4. The first-order valence-electron chi connectivity index (χ1n) is 7.09. The second-order valence-corrected chi connectivity index (χ2v) is 5.31. The number of hydrogen-bond acceptors (Lipinski definition) is 6. The molecule has 2 amide bonds. The highest BCUT2D eigenvalue weighted by Crippen LogP contribution is 2.48. The SMILES string of the molecule is NC=Nc1c(N)c(O)c2c(c1O)C(=O)N(Cc1ccc(F)cc1)C2=O. The van der Waals surface area contributed by atoms with Gasteiger partial charge in [0.2, 0.25) is 0 Å². The minimum absolute atomic E-state index is 0.166. The summed E-state index contributed by atoms with van der Waals surface area (Å²) in [4.78, 5) is 29.5. The highest BCUT2D eigenvalue weighted by Gasteiger charge is 2.42. The summed E-state index contributed by atoms with van der Waals surface area (Å²) in [5.74, 6) is -3.42. The van der Waals surface area contributed by atoms with E-state index in [9.17, 15) is 24.2 Å². The number of halogens is 1. The molecule has 0 radical (unpaired) electrons. The lowest BCUT2D eigenvalue weighted by Gasteiger charge is -2.13. The highest BCUT2D eigenvalue weighted by molar-refractivity contribution is 6.25. The van der Waals surface area contributed by atoms with Gasteiger partial charge in [-0.2, -0.15) is 0 Å². The van der Waals surface area contributed by atoms with Crippen molar-refractivity contribution in [2.24, 2.45) is 10.7 Å². The molecule has 2 aromatic rings. The van der Waals surface area contributed by atoms with Crippen molar-refractivity contribution in [1.29, 1.82) is 0 Å². The number of fused-ring (bicyclic) bond motifs is 1. The van der Waals surface area contributed by atoms with E-state index in [4.69, 9.17) is 11.5 Å². The molecule has 0 bridgehead atoms. The smallest absolute Gasteiger partial charge is 0.265 e. The van der Waals surface area contributed by atoms with Crippen LogP contribution in [0.25, 0.3) is 0 Å². The number of rotatable bonds is 3. The second kappa shape index (κ2) is 5.78. The molecule has 0 spiro atoms. The van der Waals surface area contributed by atoms with Crippen LogP contribution in [0.2, 0.25) is 0 Å². The van der Waals surface area contributed by atoms with Gasteiger partial charge in [0.1, 0.15) is 28.3 Å². The summed E-state index contributed by atoms with van der Waals surface area (Å²) in [6, 6.07) is 5.21. The van der Waals surface area contributed by atoms with Gasteiger partial charge in [0.15, 0.2) is 11.5 Å². The molecule has 1 heterocycles. The molecule has 6 N–H and O–H groups in total. The number of benzene rings is 2. The van der Waals surface area contributed by atoms with E-state index in [0.717, 1.165) is 11.2 Å². The fraction of sp³-hybridized carbons (Fsp3) is 0.0625. The number of anilines is 1. The maximum Gasteiger partial charge on any atom is 0.265 e. The molecular weight excluding hydrogens is 331 g/mol. The Morgan fingerprint density at radius 1 is 1.08 bits per heavy atom. The Kier molecular flexibility index (Phi) is 3.76. The topological polar surface area (TPSA) is 142 Å². The normalized spacial score (nSPS) is 13.7. The van der Waals surface area contributed by atoms with Crippen LogP contribution in [0.3, 0.4) is 0 Å². The first-order chi connectivity index (χ1) is 11.9. The van der Waals surface area contributed by atoms with E-state index in [1.807, 2.05) is 0 Å². The van der Waals surface area contributed by atoms with Gasteiger partial charge >= 0.3 is 0 Å². The van der Waals surface area contributed by atoms with Crippen LogP contribution < -0.4 is 11.5 Å². The quantitative estimate of drug-likeness (QED) is 0.165. The summed E-state index contributed by atoms with van der Waals surface area (Å²) >= 11 is 0. The number of nitrogen functional groups attached to an aromatic ring is 1. The summed E-state index contributed by atoms with van der Waals surface area (Å²) in [5.41, 5.74) is 9.83. The van der Waals surface area contributed by atoms with E-state index >= 15 is 0 Å². The summed E-state index contributed by atoms with van der Waals surface area (Å²) in [7, 11) is 0. The average Bonchev–Trinajstić information content (AvgIpc) is 2.83. The van der Waals surface area contributed by atoms with Crippen molar-refractivity contribution in [2.45, 2.75) is 6.54 Å². The number of amides is 2. The van der Waals surface area contributed by atoms with E-state index in [1.54, 1.807) is 0 Å². The van der Waals surface area contributed by atoms with Gasteiger partial charge in [-0.05, 0) is 17.7 Å². The van der Waals surface area contributed by atoms with E-state index in [0.29, 0.717) is 5.56 Å². The van der Waals surface area contributed by atoms with Crippen molar-refractivity contribution >= 4 is 29.5 Å². The molecule has 1 aliphatic rings. The van der Waals surface area contributed by atoms with Crippen molar-refractivity contribution in [1.82, 2.24) is 4.90 Å². The van der Waals surface area contributed by atoms with Crippen LogP contribution >= 0.6 is 0 Å². The largest absolute Gasteiger partial charge is 0.505 e. The van der Waals surface area contributed by atoms with Crippen LogP contribution in [0.1, 0.15) is 26.3 Å². The zero-order valence-corrected chi connectivity index (χ0v) is 12.7. The number of carbonyl (C=O) groups excluding carboxylic acids is 2. The number of nitrogens with zero attached hydrogens (tertiary/aromatic N) is 2. The molecule has 0 aromatic heterocycles. The third-order valence-corrected chi connectivity index (χ3v) is 3.83. The van der Waals surface area contributed by atoms with E-state index < -0.39 is 40.3 Å². The molecule has 3 rings (SSSR count). The molecule has 0 atom stereocenters. The molecule has 0 aliphatic carbocycles. The summed E-state index contributed by atoms with van der Waals surface area (Å²) in [6.07, 6.45) is 0.828. The van der Waals surface area contributed by atoms with Crippen molar-refractivity contribution in [3.63, 3.8) is 0 Å². The van der Waals surface area contributed by atoms with Crippen LogP contribution in [0.4, 0.5) is 15.8 Å². The molecule has 0 unspecified atom stereocenters. The van der Waals surface area contributed by atoms with Gasteiger partial charge in [-0.1, -0.05) is 12.1 Å².